The smallest absolute Gasteiger partial charge is 0.252 e. The van der Waals surface area contributed by atoms with Crippen LogP contribution in [-0.4, -0.2) is 45.5 Å². The highest BCUT2D eigenvalue weighted by atomic mass is 35.5. The minimum absolute atomic E-state index is 0.00497. The summed E-state index contributed by atoms with van der Waals surface area (Å²) in [5.41, 5.74) is 6.43. The summed E-state index contributed by atoms with van der Waals surface area (Å²) in [5.74, 6) is 0.428. The summed E-state index contributed by atoms with van der Waals surface area (Å²) < 4.78 is 11.8. The van der Waals surface area contributed by atoms with E-state index in [1.54, 1.807) is 18.3 Å². The van der Waals surface area contributed by atoms with Crippen molar-refractivity contribution in [3.05, 3.63) is 41.3 Å². The number of rotatable bonds is 7. The van der Waals surface area contributed by atoms with Gasteiger partial charge >= 0.3 is 0 Å². The summed E-state index contributed by atoms with van der Waals surface area (Å²) in [4.78, 5) is 36.7. The first-order valence-corrected chi connectivity index (χ1v) is 10.5. The standard InChI is InChI=1S/C22H22ClN5O4/c1-11(2)32-18-6-15-14(5-16(18)20(24)30)17(21-25-7-12(23)8-26-21)9-27-22(15)31-10-13-3-4-19(29)28-13/h5-9,11,13H,3-4,10H2,1-2H3,(H2,24,30)(H,28,29). The number of nitrogens with two attached hydrogens (primary N) is 1. The predicted octanol–water partition coefficient (Wildman–Crippen LogP) is 2.89. The molecule has 9 nitrogen and oxygen atoms in total. The first kappa shape index (κ1) is 21.8. The minimum atomic E-state index is -0.626. The molecule has 1 aliphatic heterocycles. The third-order valence-corrected chi connectivity index (χ3v) is 5.14. The molecule has 0 saturated carbocycles. The number of nitrogens with zero attached hydrogens (tertiary/aromatic N) is 3. The lowest BCUT2D eigenvalue weighted by molar-refractivity contribution is -0.119. The first-order chi connectivity index (χ1) is 15.3. The molecule has 3 heterocycles. The molecule has 0 radical (unpaired) electrons. The number of primary amides is 1. The molecule has 166 valence electrons. The van der Waals surface area contributed by atoms with E-state index < -0.39 is 5.91 Å². The lowest BCUT2D eigenvalue weighted by Crippen LogP contribution is -2.31. The van der Waals surface area contributed by atoms with Crippen LogP contribution in [0.5, 0.6) is 11.6 Å². The second-order valence-electron chi connectivity index (χ2n) is 7.74. The molecule has 1 fully saturated rings. The molecule has 2 aromatic heterocycles. The van der Waals surface area contributed by atoms with Gasteiger partial charge < -0.3 is 20.5 Å². The van der Waals surface area contributed by atoms with Crippen molar-refractivity contribution >= 4 is 34.2 Å². The van der Waals surface area contributed by atoms with Crippen molar-refractivity contribution in [1.29, 1.82) is 0 Å². The summed E-state index contributed by atoms with van der Waals surface area (Å²) in [6.45, 7) is 3.97. The van der Waals surface area contributed by atoms with E-state index in [4.69, 9.17) is 26.8 Å². The predicted molar refractivity (Wildman–Crippen MR) is 119 cm³/mol. The van der Waals surface area contributed by atoms with Gasteiger partial charge in [-0.3, -0.25) is 9.59 Å². The van der Waals surface area contributed by atoms with Gasteiger partial charge in [0.1, 0.15) is 12.4 Å². The average Bonchev–Trinajstić information content (AvgIpc) is 3.17. The summed E-state index contributed by atoms with van der Waals surface area (Å²) in [5, 5.41) is 4.49. The number of halogens is 1. The van der Waals surface area contributed by atoms with Gasteiger partial charge in [0, 0.05) is 41.3 Å². The molecule has 1 unspecified atom stereocenters. The lowest BCUT2D eigenvalue weighted by Gasteiger charge is -2.17. The summed E-state index contributed by atoms with van der Waals surface area (Å²) in [6.07, 6.45) is 5.52. The van der Waals surface area contributed by atoms with Gasteiger partial charge in [-0.15, -0.1) is 0 Å². The number of amides is 2. The number of carbonyl (C=O) groups is 2. The molecular formula is C22H22ClN5O4. The molecule has 1 atom stereocenters. The molecule has 0 spiro atoms. The van der Waals surface area contributed by atoms with Gasteiger partial charge in [-0.1, -0.05) is 11.6 Å². The first-order valence-electron chi connectivity index (χ1n) is 10.1. The highest BCUT2D eigenvalue weighted by Crippen LogP contribution is 2.36. The number of aromatic nitrogens is 3. The van der Waals surface area contributed by atoms with E-state index in [0.717, 1.165) is 0 Å². The van der Waals surface area contributed by atoms with E-state index in [0.29, 0.717) is 51.7 Å². The summed E-state index contributed by atoms with van der Waals surface area (Å²) >= 11 is 5.92. The average molecular weight is 456 g/mol. The Balaban J connectivity index is 1.84. The van der Waals surface area contributed by atoms with E-state index in [1.807, 2.05) is 13.8 Å². The third-order valence-electron chi connectivity index (χ3n) is 4.95. The van der Waals surface area contributed by atoms with E-state index in [-0.39, 0.29) is 30.2 Å². The zero-order valence-corrected chi connectivity index (χ0v) is 18.3. The Hall–Kier alpha value is -3.46. The quantitative estimate of drug-likeness (QED) is 0.560. The third kappa shape index (κ3) is 4.57. The van der Waals surface area contributed by atoms with Crippen LogP contribution in [0.1, 0.15) is 37.0 Å². The van der Waals surface area contributed by atoms with Crippen molar-refractivity contribution in [2.24, 2.45) is 5.73 Å². The number of hydrogen-bond acceptors (Lipinski definition) is 7. The topological polar surface area (TPSA) is 129 Å². The van der Waals surface area contributed by atoms with Crippen molar-refractivity contribution in [3.8, 4) is 23.0 Å². The second-order valence-corrected chi connectivity index (χ2v) is 8.18. The van der Waals surface area contributed by atoms with Gasteiger partial charge in [0.25, 0.3) is 5.91 Å². The highest BCUT2D eigenvalue weighted by molar-refractivity contribution is 6.30. The van der Waals surface area contributed by atoms with Gasteiger partial charge in [0.2, 0.25) is 11.8 Å². The van der Waals surface area contributed by atoms with Gasteiger partial charge in [0.05, 0.1) is 22.7 Å². The van der Waals surface area contributed by atoms with E-state index >= 15 is 0 Å². The Kier molecular flexibility index (Phi) is 6.09. The van der Waals surface area contributed by atoms with Gasteiger partial charge in [0.15, 0.2) is 5.82 Å². The SMILES string of the molecule is CC(C)Oc1cc2c(OCC3CCC(=O)N3)ncc(-c3ncc(Cl)cn3)c2cc1C(N)=O. The van der Waals surface area contributed by atoms with E-state index in [1.165, 1.54) is 12.4 Å². The molecule has 10 heteroatoms. The molecule has 1 aromatic carbocycles. The number of nitrogens with one attached hydrogen (secondary N) is 1. The lowest BCUT2D eigenvalue weighted by atomic mass is 10.0. The molecule has 0 aliphatic carbocycles. The molecule has 3 aromatic rings. The van der Waals surface area contributed by atoms with Crippen LogP contribution in [0.4, 0.5) is 0 Å². The molecule has 3 N–H and O–H groups in total. The minimum Gasteiger partial charge on any atom is -0.490 e. The molecule has 1 saturated heterocycles. The number of ether oxygens (including phenoxy) is 2. The molecule has 0 bridgehead atoms. The van der Waals surface area contributed by atoms with Gasteiger partial charge in [-0.25, -0.2) is 15.0 Å². The van der Waals surface area contributed by atoms with Crippen molar-refractivity contribution in [2.45, 2.75) is 38.8 Å². The van der Waals surface area contributed by atoms with Gasteiger partial charge in [-0.2, -0.15) is 0 Å². The Morgan fingerprint density at radius 3 is 2.59 bits per heavy atom. The number of pyridine rings is 1. The molecule has 1 aliphatic rings. The Labute approximate surface area is 189 Å². The fraction of sp³-hybridized carbons (Fsp3) is 0.318. The normalized spacial score (nSPS) is 15.8. The maximum absolute atomic E-state index is 12.2. The van der Waals surface area contributed by atoms with Crippen LogP contribution in [0, 0.1) is 0 Å². The molecule has 4 rings (SSSR count). The largest absolute Gasteiger partial charge is 0.490 e. The van der Waals surface area contributed by atoms with Crippen molar-refractivity contribution in [2.75, 3.05) is 6.61 Å². The maximum Gasteiger partial charge on any atom is 0.252 e. The van der Waals surface area contributed by atoms with Crippen molar-refractivity contribution in [3.63, 3.8) is 0 Å². The number of hydrogen-bond donors (Lipinski definition) is 2. The van der Waals surface area contributed by atoms with Gasteiger partial charge in [-0.05, 0) is 32.4 Å². The van der Waals surface area contributed by atoms with Crippen LogP contribution < -0.4 is 20.5 Å². The maximum atomic E-state index is 12.2. The highest BCUT2D eigenvalue weighted by Gasteiger charge is 2.23. The summed E-state index contributed by atoms with van der Waals surface area (Å²) in [7, 11) is 0. The molecular weight excluding hydrogens is 434 g/mol. The van der Waals surface area contributed by atoms with E-state index in [2.05, 4.69) is 20.3 Å². The fourth-order valence-corrected chi connectivity index (χ4v) is 3.61. The van der Waals surface area contributed by atoms with Crippen LogP contribution >= 0.6 is 11.6 Å². The number of fused-ring (bicyclic) bond motifs is 1. The van der Waals surface area contributed by atoms with E-state index in [9.17, 15) is 9.59 Å². The summed E-state index contributed by atoms with van der Waals surface area (Å²) in [6, 6.07) is 3.23. The Bertz CT molecular complexity index is 1180. The van der Waals surface area contributed by atoms with Crippen LogP contribution in [0.3, 0.4) is 0 Å². The van der Waals surface area contributed by atoms with Crippen LogP contribution in [-0.2, 0) is 4.79 Å². The number of carbonyl (C=O) groups excluding carboxylic acids is 2. The second kappa shape index (κ2) is 8.96. The van der Waals surface area contributed by atoms with Crippen LogP contribution in [0.2, 0.25) is 5.02 Å². The van der Waals surface area contributed by atoms with Crippen molar-refractivity contribution in [1.82, 2.24) is 20.3 Å². The zero-order valence-electron chi connectivity index (χ0n) is 17.6. The van der Waals surface area contributed by atoms with Crippen LogP contribution in [0.25, 0.3) is 22.2 Å². The fourth-order valence-electron chi connectivity index (χ4n) is 3.51. The van der Waals surface area contributed by atoms with Crippen LogP contribution in [0.15, 0.2) is 30.7 Å². The molecule has 2 amide bonds. The monoisotopic (exact) mass is 455 g/mol. The van der Waals surface area contributed by atoms with Crippen molar-refractivity contribution < 1.29 is 19.1 Å². The number of benzene rings is 1. The molecule has 32 heavy (non-hydrogen) atoms. The Morgan fingerprint density at radius 2 is 1.97 bits per heavy atom. The zero-order chi connectivity index (χ0) is 22.8. The Morgan fingerprint density at radius 1 is 1.22 bits per heavy atom.